The summed E-state index contributed by atoms with van der Waals surface area (Å²) < 4.78 is 25.5. The van der Waals surface area contributed by atoms with Crippen LogP contribution in [0.2, 0.25) is 0 Å². The van der Waals surface area contributed by atoms with Gasteiger partial charge in [0, 0.05) is 32.1 Å². The molecule has 2 aromatic rings. The monoisotopic (exact) mass is 389 g/mol. The molecular weight excluding hydrogens is 366 g/mol. The maximum atomic E-state index is 12.2. The van der Waals surface area contributed by atoms with Gasteiger partial charge in [0.15, 0.2) is 0 Å². The van der Waals surface area contributed by atoms with Crippen molar-refractivity contribution in [2.24, 2.45) is 0 Å². The summed E-state index contributed by atoms with van der Waals surface area (Å²) in [6, 6.07) is 16.0. The van der Waals surface area contributed by atoms with E-state index in [-0.39, 0.29) is 24.8 Å². The standard InChI is InChI=1S/C19H23N3O4S/c1-15(23)21-17-9-6-10-18(13-17)22(27(2,25)26)12-11-19(24)20-14-16-7-4-3-5-8-16/h3-10,13H,11-12,14H2,1-2H3,(H,20,24)(H,21,23). The molecule has 0 saturated carbocycles. The van der Waals surface area contributed by atoms with Gasteiger partial charge in [-0.15, -0.1) is 0 Å². The molecule has 0 spiro atoms. The van der Waals surface area contributed by atoms with Gasteiger partial charge in [-0.3, -0.25) is 13.9 Å². The summed E-state index contributed by atoms with van der Waals surface area (Å²) in [5.74, 6) is -0.496. The van der Waals surface area contributed by atoms with Crippen molar-refractivity contribution in [3.8, 4) is 0 Å². The minimum absolute atomic E-state index is 0.00296. The second kappa shape index (κ2) is 9.18. The Morgan fingerprint density at radius 1 is 1.04 bits per heavy atom. The van der Waals surface area contributed by atoms with Crippen molar-refractivity contribution in [1.82, 2.24) is 5.32 Å². The van der Waals surface area contributed by atoms with Crippen molar-refractivity contribution in [1.29, 1.82) is 0 Å². The van der Waals surface area contributed by atoms with Gasteiger partial charge in [0.2, 0.25) is 21.8 Å². The number of amides is 2. The van der Waals surface area contributed by atoms with Gasteiger partial charge < -0.3 is 10.6 Å². The van der Waals surface area contributed by atoms with E-state index >= 15 is 0 Å². The SMILES string of the molecule is CC(=O)Nc1cccc(N(CCC(=O)NCc2ccccc2)S(C)(=O)=O)c1. The van der Waals surface area contributed by atoms with Crippen LogP contribution < -0.4 is 14.9 Å². The zero-order valence-electron chi connectivity index (χ0n) is 15.3. The van der Waals surface area contributed by atoms with E-state index in [1.165, 1.54) is 6.92 Å². The average molecular weight is 389 g/mol. The Balaban J connectivity index is 2.03. The van der Waals surface area contributed by atoms with Crippen LogP contribution in [0, 0.1) is 0 Å². The third-order valence-corrected chi connectivity index (χ3v) is 4.92. The first-order valence-corrected chi connectivity index (χ1v) is 10.3. The summed E-state index contributed by atoms with van der Waals surface area (Å²) in [6.07, 6.45) is 1.10. The molecule has 27 heavy (non-hydrogen) atoms. The maximum absolute atomic E-state index is 12.2. The van der Waals surface area contributed by atoms with Gasteiger partial charge in [-0.1, -0.05) is 36.4 Å². The summed E-state index contributed by atoms with van der Waals surface area (Å²) in [4.78, 5) is 23.3. The molecule has 0 aromatic heterocycles. The molecule has 7 nitrogen and oxygen atoms in total. The number of carbonyl (C=O) groups is 2. The Morgan fingerprint density at radius 3 is 2.37 bits per heavy atom. The molecule has 0 radical (unpaired) electrons. The second-order valence-electron chi connectivity index (χ2n) is 6.08. The van der Waals surface area contributed by atoms with E-state index in [4.69, 9.17) is 0 Å². The zero-order valence-corrected chi connectivity index (χ0v) is 16.1. The van der Waals surface area contributed by atoms with Crippen molar-refractivity contribution in [2.45, 2.75) is 19.9 Å². The molecule has 2 N–H and O–H groups in total. The third kappa shape index (κ3) is 6.74. The molecule has 0 fully saturated rings. The van der Waals surface area contributed by atoms with Crippen LogP contribution in [0.4, 0.5) is 11.4 Å². The van der Waals surface area contributed by atoms with Crippen LogP contribution in [0.3, 0.4) is 0 Å². The Morgan fingerprint density at radius 2 is 1.74 bits per heavy atom. The summed E-state index contributed by atoms with van der Waals surface area (Å²) in [5.41, 5.74) is 1.84. The number of benzene rings is 2. The molecule has 2 amide bonds. The first-order chi connectivity index (χ1) is 12.8. The van der Waals surface area contributed by atoms with Crippen molar-refractivity contribution < 1.29 is 18.0 Å². The Bertz CT molecular complexity index is 898. The van der Waals surface area contributed by atoms with Crippen LogP contribution in [0.25, 0.3) is 0 Å². The van der Waals surface area contributed by atoms with Gasteiger partial charge in [0.25, 0.3) is 0 Å². The number of hydrogen-bond acceptors (Lipinski definition) is 4. The predicted molar refractivity (Wildman–Crippen MR) is 106 cm³/mol. The zero-order chi connectivity index (χ0) is 19.9. The molecule has 2 rings (SSSR count). The van der Waals surface area contributed by atoms with Gasteiger partial charge in [0.05, 0.1) is 11.9 Å². The smallest absolute Gasteiger partial charge is 0.232 e. The topological polar surface area (TPSA) is 95.6 Å². The van der Waals surface area contributed by atoms with Crippen LogP contribution in [0.15, 0.2) is 54.6 Å². The van der Waals surface area contributed by atoms with Gasteiger partial charge >= 0.3 is 0 Å². The molecule has 0 saturated heterocycles. The number of rotatable bonds is 8. The lowest BCUT2D eigenvalue weighted by atomic mass is 10.2. The number of sulfonamides is 1. The summed E-state index contributed by atoms with van der Waals surface area (Å²) in [7, 11) is -3.59. The number of anilines is 2. The van der Waals surface area contributed by atoms with E-state index in [0.29, 0.717) is 17.9 Å². The van der Waals surface area contributed by atoms with E-state index in [1.54, 1.807) is 24.3 Å². The Labute approximate surface area is 159 Å². The molecule has 0 aliphatic carbocycles. The summed E-state index contributed by atoms with van der Waals surface area (Å²) in [6.45, 7) is 1.76. The number of carbonyl (C=O) groups excluding carboxylic acids is 2. The Kier molecular flexibility index (Phi) is 6.95. The molecule has 144 valence electrons. The van der Waals surface area contributed by atoms with Crippen molar-refractivity contribution in [3.05, 3.63) is 60.2 Å². The van der Waals surface area contributed by atoms with Gasteiger partial charge in [-0.25, -0.2) is 8.42 Å². The highest BCUT2D eigenvalue weighted by Gasteiger charge is 2.19. The molecule has 0 unspecified atom stereocenters. The van der Waals surface area contributed by atoms with Gasteiger partial charge in [-0.05, 0) is 23.8 Å². The quantitative estimate of drug-likeness (QED) is 0.723. The maximum Gasteiger partial charge on any atom is 0.232 e. The summed E-state index contributed by atoms with van der Waals surface area (Å²) in [5, 5.41) is 5.39. The fourth-order valence-electron chi connectivity index (χ4n) is 2.52. The lowest BCUT2D eigenvalue weighted by molar-refractivity contribution is -0.121. The normalized spacial score (nSPS) is 10.9. The minimum atomic E-state index is -3.59. The van der Waals surface area contributed by atoms with E-state index in [9.17, 15) is 18.0 Å². The molecule has 0 aliphatic heterocycles. The van der Waals surface area contributed by atoms with E-state index in [1.807, 2.05) is 30.3 Å². The highest BCUT2D eigenvalue weighted by atomic mass is 32.2. The molecule has 8 heteroatoms. The largest absolute Gasteiger partial charge is 0.352 e. The van der Waals surface area contributed by atoms with Crippen LogP contribution in [0.1, 0.15) is 18.9 Å². The molecular formula is C19H23N3O4S. The van der Waals surface area contributed by atoms with Crippen molar-refractivity contribution in [3.63, 3.8) is 0 Å². The first kappa shape index (κ1) is 20.4. The fourth-order valence-corrected chi connectivity index (χ4v) is 3.44. The number of nitrogens with one attached hydrogen (secondary N) is 2. The van der Waals surface area contributed by atoms with Gasteiger partial charge in [0.1, 0.15) is 0 Å². The van der Waals surface area contributed by atoms with Crippen LogP contribution in [0.5, 0.6) is 0 Å². The predicted octanol–water partition coefficient (Wildman–Crippen LogP) is 2.12. The van der Waals surface area contributed by atoms with Crippen molar-refractivity contribution in [2.75, 3.05) is 22.4 Å². The van der Waals surface area contributed by atoms with Crippen LogP contribution in [-0.2, 0) is 26.2 Å². The van der Waals surface area contributed by atoms with Crippen molar-refractivity contribution >= 4 is 33.2 Å². The van der Waals surface area contributed by atoms with E-state index < -0.39 is 10.0 Å². The average Bonchev–Trinajstić information content (AvgIpc) is 2.59. The van der Waals surface area contributed by atoms with E-state index in [0.717, 1.165) is 16.1 Å². The molecule has 0 atom stereocenters. The van der Waals surface area contributed by atoms with Gasteiger partial charge in [-0.2, -0.15) is 0 Å². The van der Waals surface area contributed by atoms with E-state index in [2.05, 4.69) is 10.6 Å². The number of nitrogens with zero attached hydrogens (tertiary/aromatic N) is 1. The lowest BCUT2D eigenvalue weighted by Crippen LogP contribution is -2.34. The van der Waals surface area contributed by atoms with Crippen LogP contribution >= 0.6 is 0 Å². The second-order valence-corrected chi connectivity index (χ2v) is 7.99. The molecule has 2 aromatic carbocycles. The lowest BCUT2D eigenvalue weighted by Gasteiger charge is -2.22. The molecule has 0 bridgehead atoms. The first-order valence-electron chi connectivity index (χ1n) is 8.41. The highest BCUT2D eigenvalue weighted by Crippen LogP contribution is 2.22. The third-order valence-electron chi connectivity index (χ3n) is 3.73. The number of hydrogen-bond donors (Lipinski definition) is 2. The minimum Gasteiger partial charge on any atom is -0.352 e. The van der Waals surface area contributed by atoms with Crippen LogP contribution in [-0.4, -0.2) is 33.0 Å². The fraction of sp³-hybridized carbons (Fsp3) is 0.263. The molecule has 0 heterocycles. The Hall–Kier alpha value is -2.87. The molecule has 0 aliphatic rings. The highest BCUT2D eigenvalue weighted by molar-refractivity contribution is 7.92. The summed E-state index contributed by atoms with van der Waals surface area (Å²) >= 11 is 0.